The van der Waals surface area contributed by atoms with Crippen LogP contribution < -0.4 is 4.90 Å². The van der Waals surface area contributed by atoms with Gasteiger partial charge in [0.2, 0.25) is 5.90 Å². The lowest BCUT2D eigenvalue weighted by atomic mass is 9.66. The largest absolute Gasteiger partial charge is 0.483 e. The van der Waals surface area contributed by atoms with Crippen LogP contribution in [0.1, 0.15) is 63.7 Å². The summed E-state index contributed by atoms with van der Waals surface area (Å²) in [6, 6.07) is 6.27. The summed E-state index contributed by atoms with van der Waals surface area (Å²) in [6.45, 7) is 7.44. The van der Waals surface area contributed by atoms with Crippen molar-refractivity contribution in [2.24, 2.45) is 4.99 Å². The van der Waals surface area contributed by atoms with Crippen LogP contribution in [0.25, 0.3) is 0 Å². The average molecular weight is 546 g/mol. The maximum atomic E-state index is 14.8. The first-order chi connectivity index (χ1) is 18.1. The van der Waals surface area contributed by atoms with Crippen LogP contribution in [0, 0.1) is 5.82 Å². The smallest absolute Gasteiger partial charge is 0.416 e. The highest BCUT2D eigenvalue weighted by Crippen LogP contribution is 2.45. The van der Waals surface area contributed by atoms with E-state index in [0.717, 1.165) is 6.42 Å². The quantitative estimate of drug-likeness (QED) is 0.460. The monoisotopic (exact) mass is 545 g/mol. The molecule has 1 saturated carbocycles. The van der Waals surface area contributed by atoms with Gasteiger partial charge >= 0.3 is 12.1 Å². The Hall–Kier alpha value is -3.28. The number of ether oxygens (including phenoxy) is 3. The van der Waals surface area contributed by atoms with Crippen molar-refractivity contribution in [3.63, 3.8) is 0 Å². The minimum atomic E-state index is -0.750. The Balaban J connectivity index is 1.61. The Labute approximate surface area is 225 Å². The van der Waals surface area contributed by atoms with Gasteiger partial charge < -0.3 is 14.2 Å². The normalized spacial score (nSPS) is 20.2. The molecule has 2 unspecified atom stereocenters. The van der Waals surface area contributed by atoms with E-state index in [1.165, 1.54) is 29.8 Å². The van der Waals surface area contributed by atoms with E-state index in [9.17, 15) is 14.0 Å². The maximum absolute atomic E-state index is 14.8. The molecule has 10 nitrogen and oxygen atoms in total. The lowest BCUT2D eigenvalue weighted by Crippen LogP contribution is -2.50. The number of amides is 1. The molecule has 0 bridgehead atoms. The van der Waals surface area contributed by atoms with E-state index >= 15 is 0 Å². The number of methoxy groups -OCH3 is 1. The highest BCUT2D eigenvalue weighted by atomic mass is 32.2. The second-order valence-corrected chi connectivity index (χ2v) is 11.3. The van der Waals surface area contributed by atoms with Gasteiger partial charge in [-0.2, -0.15) is 5.10 Å². The van der Waals surface area contributed by atoms with E-state index in [1.54, 1.807) is 52.1 Å². The Morgan fingerprint density at radius 2 is 1.97 bits per heavy atom. The number of hydrogen-bond donors (Lipinski definition) is 0. The number of anilines is 1. The molecular formula is C26H32FN5O5S. The molecule has 4 rings (SSSR count). The number of hydrogen-bond acceptors (Lipinski definition) is 10. The van der Waals surface area contributed by atoms with Crippen molar-refractivity contribution >= 4 is 35.5 Å². The number of halogens is 1. The van der Waals surface area contributed by atoms with Crippen molar-refractivity contribution in [2.75, 3.05) is 25.2 Å². The van der Waals surface area contributed by atoms with Crippen molar-refractivity contribution in [1.82, 2.24) is 15.2 Å². The van der Waals surface area contributed by atoms with Crippen LogP contribution in [0.5, 0.6) is 0 Å². The van der Waals surface area contributed by atoms with Crippen molar-refractivity contribution in [3.05, 3.63) is 47.7 Å². The van der Waals surface area contributed by atoms with Gasteiger partial charge in [-0.15, -0.1) is 16.9 Å². The molecule has 3 heterocycles. The fourth-order valence-electron chi connectivity index (χ4n) is 4.39. The summed E-state index contributed by atoms with van der Waals surface area (Å²) in [7, 11) is 1.45. The second-order valence-electron chi connectivity index (χ2n) is 10.1. The topological polar surface area (TPSA) is 116 Å². The van der Waals surface area contributed by atoms with Crippen molar-refractivity contribution < 1.29 is 28.2 Å². The fraction of sp³-hybridized carbons (Fsp3) is 0.538. The predicted molar refractivity (Wildman–Crippen MR) is 141 cm³/mol. The molecule has 204 valence electrons. The molecule has 2 aliphatic rings. The van der Waals surface area contributed by atoms with E-state index < -0.39 is 39.5 Å². The van der Waals surface area contributed by atoms with Gasteiger partial charge in [0.1, 0.15) is 16.8 Å². The molecule has 1 aliphatic heterocycles. The molecule has 2 aromatic rings. The van der Waals surface area contributed by atoms with E-state index in [2.05, 4.69) is 20.2 Å². The number of aromatic nitrogens is 3. The Bertz CT molecular complexity index is 1200. The molecule has 1 amide bonds. The van der Waals surface area contributed by atoms with Crippen LogP contribution >= 0.6 is 11.8 Å². The molecule has 0 N–H and O–H groups in total. The molecule has 0 saturated heterocycles. The van der Waals surface area contributed by atoms with Crippen molar-refractivity contribution in [3.8, 4) is 0 Å². The van der Waals surface area contributed by atoms with Gasteiger partial charge in [0, 0.05) is 18.2 Å². The van der Waals surface area contributed by atoms with Crippen LogP contribution in [0.2, 0.25) is 0 Å². The molecule has 2 aromatic heterocycles. The van der Waals surface area contributed by atoms with E-state index in [1.807, 2.05) is 0 Å². The summed E-state index contributed by atoms with van der Waals surface area (Å²) >= 11 is 1.23. The summed E-state index contributed by atoms with van der Waals surface area (Å²) in [5.74, 6) is -0.330. The van der Waals surface area contributed by atoms with Gasteiger partial charge in [0.25, 0.3) is 0 Å². The number of aliphatic imine (C=N–C) groups is 1. The summed E-state index contributed by atoms with van der Waals surface area (Å²) < 4.78 is 30.8. The molecule has 0 spiro atoms. The zero-order chi connectivity index (χ0) is 27.5. The third kappa shape index (κ3) is 5.90. The third-order valence-electron chi connectivity index (χ3n) is 6.29. The first-order valence-electron chi connectivity index (χ1n) is 12.5. The molecule has 2 atom stereocenters. The minimum Gasteiger partial charge on any atom is -0.483 e. The number of esters is 1. The van der Waals surface area contributed by atoms with Gasteiger partial charge in [-0.1, -0.05) is 6.42 Å². The second kappa shape index (κ2) is 11.2. The van der Waals surface area contributed by atoms with E-state index in [4.69, 9.17) is 14.2 Å². The Morgan fingerprint density at radius 1 is 1.21 bits per heavy atom. The number of thioether (sulfide) groups is 1. The summed E-state index contributed by atoms with van der Waals surface area (Å²) in [4.78, 5) is 35.8. The maximum Gasteiger partial charge on any atom is 0.416 e. The van der Waals surface area contributed by atoms with E-state index in [0.29, 0.717) is 24.2 Å². The van der Waals surface area contributed by atoms with E-state index in [-0.39, 0.29) is 24.9 Å². The molecule has 0 radical (unpaired) electrons. The van der Waals surface area contributed by atoms with Gasteiger partial charge in [-0.3, -0.25) is 14.7 Å². The number of rotatable bonds is 7. The van der Waals surface area contributed by atoms with Crippen molar-refractivity contribution in [2.45, 2.75) is 68.6 Å². The molecule has 1 aliphatic carbocycles. The summed E-state index contributed by atoms with van der Waals surface area (Å²) in [5.41, 5.74) is -0.592. The zero-order valence-corrected chi connectivity index (χ0v) is 23.0. The third-order valence-corrected chi connectivity index (χ3v) is 7.56. The van der Waals surface area contributed by atoms with Crippen LogP contribution in [0.3, 0.4) is 0 Å². The van der Waals surface area contributed by atoms with Gasteiger partial charge in [-0.05, 0) is 64.8 Å². The number of pyridine rings is 1. The molecule has 38 heavy (non-hydrogen) atoms. The first kappa shape index (κ1) is 27.7. The summed E-state index contributed by atoms with van der Waals surface area (Å²) in [6.07, 6.45) is 3.19. The van der Waals surface area contributed by atoms with Crippen LogP contribution in [0.15, 0.2) is 35.5 Å². The minimum absolute atomic E-state index is 0.138. The molecule has 12 heteroatoms. The van der Waals surface area contributed by atoms with Gasteiger partial charge in [0.15, 0.2) is 11.1 Å². The van der Waals surface area contributed by atoms with Crippen LogP contribution in [0.4, 0.5) is 15.0 Å². The SMILES string of the molecule is CCOC(=O)C1SC(c2ccc(N(CC3(c4ncccc4F)CCC3)C(=O)OC(C)(C)C)nn2)N=C1OC. The molecular weight excluding hydrogens is 513 g/mol. The lowest BCUT2D eigenvalue weighted by molar-refractivity contribution is -0.141. The van der Waals surface area contributed by atoms with Crippen molar-refractivity contribution in [1.29, 1.82) is 0 Å². The lowest BCUT2D eigenvalue weighted by Gasteiger charge is -2.44. The number of carbonyl (C=O) groups is 2. The van der Waals surface area contributed by atoms with Crippen LogP contribution in [-0.2, 0) is 24.4 Å². The molecule has 1 fully saturated rings. The standard InChI is InChI=1S/C26H32FN5O5S/c1-6-36-23(33)19-21(35-5)29-22(38-19)17-10-11-18(31-30-17)32(24(34)37-25(2,3)4)15-26(12-8-13-26)20-16(27)9-7-14-28-20/h7,9-11,14,19,22H,6,8,12-13,15H2,1-5H3. The van der Waals surface area contributed by atoms with Gasteiger partial charge in [0.05, 0.1) is 25.1 Å². The zero-order valence-electron chi connectivity index (χ0n) is 22.1. The fourth-order valence-corrected chi connectivity index (χ4v) is 5.53. The first-order valence-corrected chi connectivity index (χ1v) is 13.4. The highest BCUT2D eigenvalue weighted by molar-refractivity contribution is 8.01. The Kier molecular flexibility index (Phi) is 8.19. The van der Waals surface area contributed by atoms with Crippen LogP contribution in [-0.4, -0.2) is 64.3 Å². The van der Waals surface area contributed by atoms with Gasteiger partial charge in [-0.25, -0.2) is 14.2 Å². The summed E-state index contributed by atoms with van der Waals surface area (Å²) in [5, 5.41) is 7.39. The highest BCUT2D eigenvalue weighted by Gasteiger charge is 2.45. The Morgan fingerprint density at radius 3 is 2.53 bits per heavy atom. The average Bonchev–Trinajstić information content (AvgIpc) is 3.28. The molecule has 0 aromatic carbocycles. The predicted octanol–water partition coefficient (Wildman–Crippen LogP) is 4.60. The number of carbonyl (C=O) groups excluding carboxylic acids is 2. The number of nitrogens with zero attached hydrogens (tertiary/aromatic N) is 5.